The highest BCUT2D eigenvalue weighted by atomic mass is 16.5. The van der Waals surface area contributed by atoms with Crippen LogP contribution in [-0.4, -0.2) is 24.8 Å². The van der Waals surface area contributed by atoms with E-state index in [-0.39, 0.29) is 0 Å². The Kier molecular flexibility index (Phi) is 3.96. The monoisotopic (exact) mass is 199 g/mol. The van der Waals surface area contributed by atoms with Gasteiger partial charge in [0.15, 0.2) is 0 Å². The molecule has 2 unspecified atom stereocenters. The molecule has 1 aliphatic rings. The second-order valence-corrected chi connectivity index (χ2v) is 5.87. The molecule has 2 heteroatoms. The van der Waals surface area contributed by atoms with Gasteiger partial charge in [-0.1, -0.05) is 20.8 Å². The highest BCUT2D eigenvalue weighted by molar-refractivity contribution is 4.80. The normalized spacial score (nSPS) is 34.5. The smallest absolute Gasteiger partial charge is 0.0565 e. The molecule has 0 saturated carbocycles. The Bertz CT molecular complexity index is 164. The predicted octanol–water partition coefficient (Wildman–Crippen LogP) is 2.58. The topological polar surface area (TPSA) is 21.3 Å². The van der Waals surface area contributed by atoms with Crippen LogP contribution in [-0.2, 0) is 4.74 Å². The number of hydrogen-bond donors (Lipinski definition) is 1. The fraction of sp³-hybridized carbons (Fsp3) is 1.00. The van der Waals surface area contributed by atoms with Crippen molar-refractivity contribution < 1.29 is 4.74 Å². The number of hydrogen-bond acceptors (Lipinski definition) is 2. The third-order valence-corrected chi connectivity index (χ3v) is 2.62. The Morgan fingerprint density at radius 3 is 2.07 bits per heavy atom. The summed E-state index contributed by atoms with van der Waals surface area (Å²) in [5.74, 6) is 0. The van der Waals surface area contributed by atoms with E-state index >= 15 is 0 Å². The lowest BCUT2D eigenvalue weighted by Crippen LogP contribution is -2.44. The molecule has 1 rings (SSSR count). The summed E-state index contributed by atoms with van der Waals surface area (Å²) in [5, 5.41) is 3.64. The van der Waals surface area contributed by atoms with Gasteiger partial charge >= 0.3 is 0 Å². The molecule has 1 fully saturated rings. The average Bonchev–Trinajstić information content (AvgIpc) is 1.97. The van der Waals surface area contributed by atoms with Crippen LogP contribution in [0.15, 0.2) is 0 Å². The van der Waals surface area contributed by atoms with Crippen LogP contribution >= 0.6 is 0 Å². The van der Waals surface area contributed by atoms with Gasteiger partial charge in [-0.15, -0.1) is 0 Å². The van der Waals surface area contributed by atoms with E-state index in [1.807, 2.05) is 0 Å². The van der Waals surface area contributed by atoms with E-state index in [1.165, 1.54) is 0 Å². The maximum absolute atomic E-state index is 5.71. The summed E-state index contributed by atoms with van der Waals surface area (Å²) >= 11 is 0. The van der Waals surface area contributed by atoms with Gasteiger partial charge in [-0.2, -0.15) is 0 Å². The van der Waals surface area contributed by atoms with E-state index in [0.29, 0.717) is 23.7 Å². The predicted molar refractivity (Wildman–Crippen MR) is 60.5 cm³/mol. The fourth-order valence-electron chi connectivity index (χ4n) is 2.02. The zero-order valence-electron chi connectivity index (χ0n) is 10.3. The standard InChI is InChI=1S/C12H25NO/c1-9-6-11(7-10(2)14-9)13-8-12(3,4)5/h9-11,13H,6-8H2,1-5H3. The van der Waals surface area contributed by atoms with E-state index in [2.05, 4.69) is 39.9 Å². The van der Waals surface area contributed by atoms with Crippen LogP contribution in [0.3, 0.4) is 0 Å². The molecule has 0 aliphatic carbocycles. The first kappa shape index (κ1) is 12.0. The molecule has 0 radical (unpaired) electrons. The van der Waals surface area contributed by atoms with Crippen molar-refractivity contribution in [2.75, 3.05) is 6.54 Å². The van der Waals surface area contributed by atoms with Crippen molar-refractivity contribution in [3.05, 3.63) is 0 Å². The van der Waals surface area contributed by atoms with Gasteiger partial charge in [-0.3, -0.25) is 0 Å². The summed E-state index contributed by atoms with van der Waals surface area (Å²) in [5.41, 5.74) is 0.380. The zero-order chi connectivity index (χ0) is 10.8. The van der Waals surface area contributed by atoms with Gasteiger partial charge in [0, 0.05) is 12.6 Å². The van der Waals surface area contributed by atoms with E-state index in [9.17, 15) is 0 Å². The Hall–Kier alpha value is -0.0800. The zero-order valence-corrected chi connectivity index (χ0v) is 10.3. The van der Waals surface area contributed by atoms with E-state index in [0.717, 1.165) is 19.4 Å². The number of nitrogens with one attached hydrogen (secondary N) is 1. The van der Waals surface area contributed by atoms with Crippen molar-refractivity contribution in [1.82, 2.24) is 5.32 Å². The van der Waals surface area contributed by atoms with Crippen molar-refractivity contribution in [3.63, 3.8) is 0 Å². The van der Waals surface area contributed by atoms with E-state index < -0.39 is 0 Å². The van der Waals surface area contributed by atoms with Crippen LogP contribution in [0.2, 0.25) is 0 Å². The lowest BCUT2D eigenvalue weighted by molar-refractivity contribution is -0.0429. The summed E-state index contributed by atoms with van der Waals surface area (Å²) < 4.78 is 5.71. The molecule has 1 aliphatic heterocycles. The molecule has 1 heterocycles. The SMILES string of the molecule is CC1CC(NCC(C)(C)C)CC(C)O1. The third kappa shape index (κ3) is 4.43. The maximum atomic E-state index is 5.71. The van der Waals surface area contributed by atoms with Gasteiger partial charge in [0.25, 0.3) is 0 Å². The molecule has 0 aromatic rings. The molecule has 84 valence electrons. The van der Waals surface area contributed by atoms with Crippen LogP contribution in [0, 0.1) is 5.41 Å². The summed E-state index contributed by atoms with van der Waals surface area (Å²) in [6.45, 7) is 12.2. The summed E-state index contributed by atoms with van der Waals surface area (Å²) in [6, 6.07) is 0.646. The molecule has 0 spiro atoms. The Balaban J connectivity index is 2.30. The van der Waals surface area contributed by atoms with E-state index in [1.54, 1.807) is 0 Å². The van der Waals surface area contributed by atoms with Gasteiger partial charge in [0.2, 0.25) is 0 Å². The molecule has 1 saturated heterocycles. The quantitative estimate of drug-likeness (QED) is 0.738. The van der Waals surface area contributed by atoms with Crippen molar-refractivity contribution in [2.24, 2.45) is 5.41 Å². The highest BCUT2D eigenvalue weighted by Gasteiger charge is 2.24. The van der Waals surface area contributed by atoms with Crippen molar-refractivity contribution in [1.29, 1.82) is 0 Å². The third-order valence-electron chi connectivity index (χ3n) is 2.62. The lowest BCUT2D eigenvalue weighted by Gasteiger charge is -2.34. The first-order valence-electron chi connectivity index (χ1n) is 5.75. The minimum absolute atomic E-state index is 0.380. The van der Waals surface area contributed by atoms with Crippen LogP contribution in [0.4, 0.5) is 0 Å². The van der Waals surface area contributed by atoms with Crippen molar-refractivity contribution in [2.45, 2.75) is 65.7 Å². The molecular weight excluding hydrogens is 174 g/mol. The lowest BCUT2D eigenvalue weighted by atomic mass is 9.94. The minimum Gasteiger partial charge on any atom is -0.375 e. The van der Waals surface area contributed by atoms with Gasteiger partial charge in [0.1, 0.15) is 0 Å². The number of rotatable bonds is 2. The largest absolute Gasteiger partial charge is 0.375 e. The van der Waals surface area contributed by atoms with Gasteiger partial charge in [-0.05, 0) is 32.1 Å². The molecule has 1 N–H and O–H groups in total. The molecular formula is C12H25NO. The number of ether oxygens (including phenoxy) is 1. The Morgan fingerprint density at radius 1 is 1.14 bits per heavy atom. The first-order valence-corrected chi connectivity index (χ1v) is 5.75. The Labute approximate surface area is 88.4 Å². The molecule has 0 aromatic heterocycles. The molecule has 2 atom stereocenters. The van der Waals surface area contributed by atoms with Crippen LogP contribution < -0.4 is 5.32 Å². The molecule has 0 aromatic carbocycles. The summed E-state index contributed by atoms with van der Waals surface area (Å²) in [7, 11) is 0. The summed E-state index contributed by atoms with van der Waals surface area (Å²) in [6.07, 6.45) is 3.13. The van der Waals surface area contributed by atoms with Crippen LogP contribution in [0.25, 0.3) is 0 Å². The fourth-order valence-corrected chi connectivity index (χ4v) is 2.02. The summed E-state index contributed by atoms with van der Waals surface area (Å²) in [4.78, 5) is 0. The molecule has 2 nitrogen and oxygen atoms in total. The maximum Gasteiger partial charge on any atom is 0.0565 e. The van der Waals surface area contributed by atoms with Crippen LogP contribution in [0.1, 0.15) is 47.5 Å². The second kappa shape index (κ2) is 4.63. The first-order chi connectivity index (χ1) is 6.37. The molecule has 0 amide bonds. The second-order valence-electron chi connectivity index (χ2n) is 5.87. The van der Waals surface area contributed by atoms with Gasteiger partial charge in [-0.25, -0.2) is 0 Å². The van der Waals surface area contributed by atoms with Gasteiger partial charge < -0.3 is 10.1 Å². The minimum atomic E-state index is 0.380. The van der Waals surface area contributed by atoms with Gasteiger partial charge in [0.05, 0.1) is 12.2 Å². The van der Waals surface area contributed by atoms with E-state index in [4.69, 9.17) is 4.74 Å². The average molecular weight is 199 g/mol. The van der Waals surface area contributed by atoms with Crippen LogP contribution in [0.5, 0.6) is 0 Å². The highest BCUT2D eigenvalue weighted by Crippen LogP contribution is 2.20. The molecule has 0 bridgehead atoms. The Morgan fingerprint density at radius 2 is 1.64 bits per heavy atom. The van der Waals surface area contributed by atoms with Crippen molar-refractivity contribution in [3.8, 4) is 0 Å². The van der Waals surface area contributed by atoms with Crippen molar-refractivity contribution >= 4 is 0 Å². The molecule has 14 heavy (non-hydrogen) atoms.